The average molecular weight is 260 g/mol. The Bertz CT molecular complexity index is 357. The minimum Gasteiger partial charge on any atom is -0.462 e. The molecule has 0 aliphatic rings. The Kier molecular flexibility index (Phi) is 8.45. The molecular weight excluding hydrogens is 236 g/mol. The molecule has 1 rings (SSSR count). The zero-order valence-electron chi connectivity index (χ0n) is 11.6. The number of unbranched alkanes of at least 4 members (excludes halogenated alkanes) is 6. The molecule has 0 unspecified atom stereocenters. The first kappa shape index (κ1) is 15.5. The number of benzene rings is 1. The quantitative estimate of drug-likeness (QED) is 0.344. The van der Waals surface area contributed by atoms with Crippen molar-refractivity contribution in [2.24, 2.45) is 0 Å². The molecule has 2 nitrogen and oxygen atoms in total. The summed E-state index contributed by atoms with van der Waals surface area (Å²) >= 11 is 0. The normalized spacial score (nSPS) is 10.1. The third-order valence-corrected chi connectivity index (χ3v) is 3.05. The highest BCUT2D eigenvalue weighted by Gasteiger charge is 2.04. The van der Waals surface area contributed by atoms with Gasteiger partial charge in [-0.05, 0) is 31.4 Å². The second-order valence-corrected chi connectivity index (χ2v) is 4.70. The van der Waals surface area contributed by atoms with Crippen molar-refractivity contribution in [3.63, 3.8) is 0 Å². The van der Waals surface area contributed by atoms with Gasteiger partial charge in [-0.2, -0.15) is 0 Å². The number of carbonyl (C=O) groups is 1. The predicted molar refractivity (Wildman–Crippen MR) is 79.2 cm³/mol. The summed E-state index contributed by atoms with van der Waals surface area (Å²) in [4.78, 5) is 11.6. The summed E-state index contributed by atoms with van der Waals surface area (Å²) in [5.41, 5.74) is 0.631. The van der Waals surface area contributed by atoms with Crippen molar-refractivity contribution >= 4 is 5.97 Å². The fourth-order valence-corrected chi connectivity index (χ4v) is 1.92. The molecule has 1 aromatic carbocycles. The number of hydrogen-bond acceptors (Lipinski definition) is 2. The van der Waals surface area contributed by atoms with Gasteiger partial charge in [0.2, 0.25) is 0 Å². The van der Waals surface area contributed by atoms with Crippen molar-refractivity contribution < 1.29 is 9.53 Å². The maximum Gasteiger partial charge on any atom is 0.338 e. The Morgan fingerprint density at radius 1 is 1.00 bits per heavy atom. The zero-order chi connectivity index (χ0) is 13.8. The van der Waals surface area contributed by atoms with Crippen LogP contribution in [0.1, 0.15) is 55.3 Å². The van der Waals surface area contributed by atoms with Crippen LogP contribution in [0.4, 0.5) is 0 Å². The summed E-state index contributed by atoms with van der Waals surface area (Å²) in [6, 6.07) is 9.15. The van der Waals surface area contributed by atoms with E-state index in [1.54, 1.807) is 12.1 Å². The third-order valence-electron chi connectivity index (χ3n) is 3.05. The zero-order valence-corrected chi connectivity index (χ0v) is 11.6. The molecule has 0 N–H and O–H groups in total. The van der Waals surface area contributed by atoms with Crippen LogP contribution in [0, 0.1) is 0 Å². The van der Waals surface area contributed by atoms with Crippen LogP contribution in [0.2, 0.25) is 0 Å². The highest BCUT2D eigenvalue weighted by atomic mass is 16.5. The van der Waals surface area contributed by atoms with E-state index in [2.05, 4.69) is 6.58 Å². The second kappa shape index (κ2) is 10.4. The molecule has 0 bridgehead atoms. The van der Waals surface area contributed by atoms with E-state index in [-0.39, 0.29) is 5.97 Å². The number of carbonyl (C=O) groups excluding carboxylic acids is 1. The second-order valence-electron chi connectivity index (χ2n) is 4.70. The highest BCUT2D eigenvalue weighted by Crippen LogP contribution is 2.08. The summed E-state index contributed by atoms with van der Waals surface area (Å²) in [7, 11) is 0. The Balaban J connectivity index is 1.96. The lowest BCUT2D eigenvalue weighted by Gasteiger charge is -2.04. The van der Waals surface area contributed by atoms with Gasteiger partial charge in [-0.3, -0.25) is 0 Å². The van der Waals surface area contributed by atoms with Crippen molar-refractivity contribution in [2.45, 2.75) is 44.9 Å². The number of allylic oxidation sites excluding steroid dienone is 1. The van der Waals surface area contributed by atoms with E-state index < -0.39 is 0 Å². The maximum atomic E-state index is 11.6. The van der Waals surface area contributed by atoms with Crippen molar-refractivity contribution in [1.82, 2.24) is 0 Å². The first-order valence-corrected chi connectivity index (χ1v) is 7.17. The number of hydrogen-bond donors (Lipinski definition) is 0. The summed E-state index contributed by atoms with van der Waals surface area (Å²) in [5, 5.41) is 0. The van der Waals surface area contributed by atoms with Gasteiger partial charge in [0.1, 0.15) is 0 Å². The van der Waals surface area contributed by atoms with Crippen LogP contribution in [0.25, 0.3) is 0 Å². The SMILES string of the molecule is C=CCCCCCCCCOC(=O)c1ccccc1. The summed E-state index contributed by atoms with van der Waals surface area (Å²) < 4.78 is 5.22. The molecule has 0 aliphatic heterocycles. The lowest BCUT2D eigenvalue weighted by Crippen LogP contribution is -2.06. The largest absolute Gasteiger partial charge is 0.462 e. The first-order chi connectivity index (χ1) is 9.34. The van der Waals surface area contributed by atoms with Crippen LogP contribution in [0.3, 0.4) is 0 Å². The van der Waals surface area contributed by atoms with Gasteiger partial charge in [0.15, 0.2) is 0 Å². The van der Waals surface area contributed by atoms with E-state index in [0.717, 1.165) is 19.3 Å². The molecule has 0 atom stereocenters. The lowest BCUT2D eigenvalue weighted by atomic mass is 10.1. The fourth-order valence-electron chi connectivity index (χ4n) is 1.92. The van der Waals surface area contributed by atoms with Gasteiger partial charge >= 0.3 is 5.97 Å². The first-order valence-electron chi connectivity index (χ1n) is 7.17. The van der Waals surface area contributed by atoms with Crippen LogP contribution >= 0.6 is 0 Å². The van der Waals surface area contributed by atoms with Crippen LogP contribution < -0.4 is 0 Å². The lowest BCUT2D eigenvalue weighted by molar-refractivity contribution is 0.0497. The molecule has 0 amide bonds. The van der Waals surface area contributed by atoms with Gasteiger partial charge < -0.3 is 4.74 Å². The fraction of sp³-hybridized carbons (Fsp3) is 0.471. The minimum atomic E-state index is -0.216. The van der Waals surface area contributed by atoms with Gasteiger partial charge in [-0.25, -0.2) is 4.79 Å². The molecule has 104 valence electrons. The predicted octanol–water partition coefficient (Wildman–Crippen LogP) is 4.76. The molecule has 1 aromatic rings. The molecule has 0 saturated carbocycles. The third kappa shape index (κ3) is 7.45. The standard InChI is InChI=1S/C17H24O2/c1-2-3-4-5-6-7-8-12-15-19-17(18)16-13-10-9-11-14-16/h2,9-11,13-14H,1,3-8,12,15H2. The van der Waals surface area contributed by atoms with E-state index in [4.69, 9.17) is 4.74 Å². The van der Waals surface area contributed by atoms with Crippen molar-refractivity contribution in [3.05, 3.63) is 48.6 Å². The Morgan fingerprint density at radius 2 is 1.63 bits per heavy atom. The topological polar surface area (TPSA) is 26.3 Å². The van der Waals surface area contributed by atoms with Crippen molar-refractivity contribution in [1.29, 1.82) is 0 Å². The van der Waals surface area contributed by atoms with Gasteiger partial charge in [-0.15, -0.1) is 6.58 Å². The molecular formula is C17H24O2. The van der Waals surface area contributed by atoms with Crippen LogP contribution in [0.15, 0.2) is 43.0 Å². The van der Waals surface area contributed by atoms with E-state index in [1.807, 2.05) is 24.3 Å². The van der Waals surface area contributed by atoms with Gasteiger partial charge in [0, 0.05) is 0 Å². The number of rotatable bonds is 10. The molecule has 0 aliphatic carbocycles. The molecule has 0 saturated heterocycles. The van der Waals surface area contributed by atoms with Gasteiger partial charge in [-0.1, -0.05) is 50.0 Å². The van der Waals surface area contributed by atoms with Crippen molar-refractivity contribution in [2.75, 3.05) is 6.61 Å². The van der Waals surface area contributed by atoms with E-state index in [0.29, 0.717) is 12.2 Å². The Morgan fingerprint density at radius 3 is 2.32 bits per heavy atom. The monoisotopic (exact) mass is 260 g/mol. The van der Waals surface area contributed by atoms with E-state index >= 15 is 0 Å². The minimum absolute atomic E-state index is 0.216. The van der Waals surface area contributed by atoms with E-state index in [1.165, 1.54) is 25.7 Å². The summed E-state index contributed by atoms with van der Waals surface area (Å²) in [5.74, 6) is -0.216. The highest BCUT2D eigenvalue weighted by molar-refractivity contribution is 5.89. The summed E-state index contributed by atoms with van der Waals surface area (Å²) in [6.07, 6.45) is 10.2. The Labute approximate surface area is 116 Å². The molecule has 0 heterocycles. The average Bonchev–Trinajstić information content (AvgIpc) is 2.46. The maximum absolute atomic E-state index is 11.6. The van der Waals surface area contributed by atoms with E-state index in [9.17, 15) is 4.79 Å². The van der Waals surface area contributed by atoms with Crippen LogP contribution in [0.5, 0.6) is 0 Å². The molecule has 0 spiro atoms. The van der Waals surface area contributed by atoms with Crippen molar-refractivity contribution in [3.8, 4) is 0 Å². The van der Waals surface area contributed by atoms with Crippen LogP contribution in [-0.2, 0) is 4.74 Å². The van der Waals surface area contributed by atoms with Crippen LogP contribution in [-0.4, -0.2) is 12.6 Å². The molecule has 19 heavy (non-hydrogen) atoms. The Hall–Kier alpha value is -1.57. The number of esters is 1. The molecule has 2 heteroatoms. The summed E-state index contributed by atoms with van der Waals surface area (Å²) in [6.45, 7) is 4.24. The molecule has 0 aromatic heterocycles. The van der Waals surface area contributed by atoms with Gasteiger partial charge in [0.05, 0.1) is 12.2 Å². The molecule has 0 fully saturated rings. The smallest absolute Gasteiger partial charge is 0.338 e. The molecule has 0 radical (unpaired) electrons. The number of ether oxygens (including phenoxy) is 1. The van der Waals surface area contributed by atoms with Gasteiger partial charge in [0.25, 0.3) is 0 Å².